The molecule has 0 heterocycles. The van der Waals surface area contributed by atoms with Gasteiger partial charge >= 0.3 is 5.97 Å². The van der Waals surface area contributed by atoms with Crippen molar-refractivity contribution in [3.8, 4) is 0 Å². The third-order valence-corrected chi connectivity index (χ3v) is 2.95. The lowest BCUT2D eigenvalue weighted by Crippen LogP contribution is -2.33. The van der Waals surface area contributed by atoms with E-state index in [0.29, 0.717) is 0 Å². The Morgan fingerprint density at radius 2 is 1.93 bits per heavy atom. The summed E-state index contributed by atoms with van der Waals surface area (Å²) < 4.78 is 0. The second-order valence-electron chi connectivity index (χ2n) is 4.71. The van der Waals surface area contributed by atoms with E-state index in [2.05, 4.69) is 5.32 Å². The number of aliphatic hydroxyl groups is 1. The standard InChI is InChI=1S/C10H17NO4/c1-5(12)4-11-8(13)6-7(9(14)15)10(6,2)3/h5-7,12H,4H2,1-3H3,(H,11,13)(H,14,15)/t5-,6?,7?/m0/s1. The van der Waals surface area contributed by atoms with E-state index in [4.69, 9.17) is 10.2 Å². The SMILES string of the molecule is C[C@H](O)CNC(=O)C1C(C(=O)O)C1(C)C. The van der Waals surface area contributed by atoms with Gasteiger partial charge in [0.15, 0.2) is 0 Å². The van der Waals surface area contributed by atoms with Gasteiger partial charge < -0.3 is 15.5 Å². The van der Waals surface area contributed by atoms with Crippen LogP contribution in [0.25, 0.3) is 0 Å². The number of aliphatic carboxylic acids is 1. The van der Waals surface area contributed by atoms with Crippen LogP contribution in [0.15, 0.2) is 0 Å². The smallest absolute Gasteiger partial charge is 0.307 e. The van der Waals surface area contributed by atoms with Crippen molar-refractivity contribution < 1.29 is 19.8 Å². The minimum atomic E-state index is -0.933. The number of carbonyl (C=O) groups excluding carboxylic acids is 1. The number of hydrogen-bond acceptors (Lipinski definition) is 3. The number of rotatable bonds is 4. The van der Waals surface area contributed by atoms with E-state index < -0.39 is 29.3 Å². The first-order chi connectivity index (χ1) is 6.78. The Labute approximate surface area is 88.5 Å². The summed E-state index contributed by atoms with van der Waals surface area (Å²) in [7, 11) is 0. The topological polar surface area (TPSA) is 86.6 Å². The van der Waals surface area contributed by atoms with E-state index in [-0.39, 0.29) is 12.5 Å². The molecule has 1 aliphatic rings. The molecule has 0 aromatic rings. The molecule has 15 heavy (non-hydrogen) atoms. The quantitative estimate of drug-likeness (QED) is 0.608. The van der Waals surface area contributed by atoms with Crippen LogP contribution in [0, 0.1) is 17.3 Å². The summed E-state index contributed by atoms with van der Waals surface area (Å²) in [6.45, 7) is 5.25. The van der Waals surface area contributed by atoms with Crippen LogP contribution in [0.4, 0.5) is 0 Å². The average molecular weight is 215 g/mol. The zero-order valence-electron chi connectivity index (χ0n) is 9.15. The van der Waals surface area contributed by atoms with E-state index in [9.17, 15) is 9.59 Å². The Balaban J connectivity index is 2.53. The van der Waals surface area contributed by atoms with E-state index in [1.54, 1.807) is 20.8 Å². The van der Waals surface area contributed by atoms with Gasteiger partial charge in [-0.1, -0.05) is 13.8 Å². The molecule has 5 heteroatoms. The van der Waals surface area contributed by atoms with Crippen molar-refractivity contribution in [2.45, 2.75) is 26.9 Å². The number of hydrogen-bond donors (Lipinski definition) is 3. The highest BCUT2D eigenvalue weighted by molar-refractivity contribution is 5.91. The van der Waals surface area contributed by atoms with Gasteiger partial charge in [-0.05, 0) is 12.3 Å². The summed E-state index contributed by atoms with van der Waals surface area (Å²) in [5.74, 6) is -2.30. The van der Waals surface area contributed by atoms with Gasteiger partial charge in [0.05, 0.1) is 17.9 Å². The second-order valence-corrected chi connectivity index (χ2v) is 4.71. The van der Waals surface area contributed by atoms with Crippen molar-refractivity contribution in [1.82, 2.24) is 5.32 Å². The molecule has 0 saturated heterocycles. The largest absolute Gasteiger partial charge is 0.481 e. The maximum absolute atomic E-state index is 11.6. The normalized spacial score (nSPS) is 29.3. The number of nitrogens with one attached hydrogen (secondary N) is 1. The predicted molar refractivity (Wildman–Crippen MR) is 53.1 cm³/mol. The Morgan fingerprint density at radius 1 is 1.40 bits per heavy atom. The minimum absolute atomic E-state index is 0.164. The fourth-order valence-corrected chi connectivity index (χ4v) is 1.95. The molecule has 3 N–H and O–H groups in total. The number of carboxylic acid groups (broad SMARTS) is 1. The maximum Gasteiger partial charge on any atom is 0.307 e. The molecule has 0 bridgehead atoms. The van der Waals surface area contributed by atoms with Crippen molar-refractivity contribution in [3.05, 3.63) is 0 Å². The van der Waals surface area contributed by atoms with Gasteiger partial charge in [0.25, 0.3) is 0 Å². The zero-order valence-corrected chi connectivity index (χ0v) is 9.15. The first-order valence-electron chi connectivity index (χ1n) is 4.97. The van der Waals surface area contributed by atoms with E-state index in [1.807, 2.05) is 0 Å². The van der Waals surface area contributed by atoms with Crippen LogP contribution in [-0.2, 0) is 9.59 Å². The first-order valence-corrected chi connectivity index (χ1v) is 4.97. The van der Waals surface area contributed by atoms with Gasteiger partial charge in [-0.3, -0.25) is 9.59 Å². The van der Waals surface area contributed by atoms with E-state index in [0.717, 1.165) is 0 Å². The third-order valence-electron chi connectivity index (χ3n) is 2.95. The average Bonchev–Trinajstić information content (AvgIpc) is 2.65. The molecule has 0 aliphatic heterocycles. The Kier molecular flexibility index (Phi) is 3.04. The number of aliphatic hydroxyl groups excluding tert-OH is 1. The van der Waals surface area contributed by atoms with Crippen LogP contribution in [0.2, 0.25) is 0 Å². The zero-order chi connectivity index (χ0) is 11.8. The van der Waals surface area contributed by atoms with Crippen LogP contribution >= 0.6 is 0 Å². The molecule has 86 valence electrons. The Hall–Kier alpha value is -1.10. The number of carbonyl (C=O) groups is 2. The van der Waals surface area contributed by atoms with Gasteiger partial charge in [0, 0.05) is 6.54 Å². The molecular formula is C10H17NO4. The lowest BCUT2D eigenvalue weighted by Gasteiger charge is -2.07. The Morgan fingerprint density at radius 3 is 2.27 bits per heavy atom. The fraction of sp³-hybridized carbons (Fsp3) is 0.800. The van der Waals surface area contributed by atoms with Gasteiger partial charge in [-0.25, -0.2) is 0 Å². The molecule has 0 aromatic heterocycles. The minimum Gasteiger partial charge on any atom is -0.481 e. The van der Waals surface area contributed by atoms with Crippen molar-refractivity contribution in [2.24, 2.45) is 17.3 Å². The second kappa shape index (κ2) is 3.81. The van der Waals surface area contributed by atoms with E-state index >= 15 is 0 Å². The van der Waals surface area contributed by atoms with Gasteiger partial charge in [-0.2, -0.15) is 0 Å². The van der Waals surface area contributed by atoms with Gasteiger partial charge in [0.2, 0.25) is 5.91 Å². The molecule has 0 aromatic carbocycles. The number of carboxylic acids is 1. The van der Waals surface area contributed by atoms with Crippen LogP contribution in [0.3, 0.4) is 0 Å². The summed E-state index contributed by atoms with van der Waals surface area (Å²) in [6.07, 6.45) is -0.612. The monoisotopic (exact) mass is 215 g/mol. The highest BCUT2D eigenvalue weighted by Crippen LogP contribution is 2.58. The Bertz CT molecular complexity index is 285. The molecule has 0 spiro atoms. The van der Waals surface area contributed by atoms with Gasteiger partial charge in [0.1, 0.15) is 0 Å². The maximum atomic E-state index is 11.6. The number of amides is 1. The molecule has 1 aliphatic carbocycles. The van der Waals surface area contributed by atoms with Crippen LogP contribution in [-0.4, -0.2) is 34.7 Å². The summed E-state index contributed by atoms with van der Waals surface area (Å²) >= 11 is 0. The summed E-state index contributed by atoms with van der Waals surface area (Å²) in [5, 5.41) is 20.4. The third kappa shape index (κ3) is 2.28. The fourth-order valence-electron chi connectivity index (χ4n) is 1.95. The lowest BCUT2D eigenvalue weighted by atomic mass is 10.1. The summed E-state index contributed by atoms with van der Waals surface area (Å²) in [5.41, 5.74) is -0.478. The van der Waals surface area contributed by atoms with Crippen molar-refractivity contribution >= 4 is 11.9 Å². The van der Waals surface area contributed by atoms with Crippen molar-refractivity contribution in [3.63, 3.8) is 0 Å². The van der Waals surface area contributed by atoms with Crippen LogP contribution < -0.4 is 5.32 Å². The molecule has 3 atom stereocenters. The van der Waals surface area contributed by atoms with Crippen molar-refractivity contribution in [2.75, 3.05) is 6.54 Å². The first kappa shape index (κ1) is 12.0. The predicted octanol–water partition coefficient (Wildman–Crippen LogP) is -0.160. The molecule has 0 radical (unpaired) electrons. The van der Waals surface area contributed by atoms with Crippen LogP contribution in [0.1, 0.15) is 20.8 Å². The highest BCUT2D eigenvalue weighted by atomic mass is 16.4. The van der Waals surface area contributed by atoms with Crippen LogP contribution in [0.5, 0.6) is 0 Å². The highest BCUT2D eigenvalue weighted by Gasteiger charge is 2.65. The molecule has 1 rings (SSSR count). The summed E-state index contributed by atoms with van der Waals surface area (Å²) in [4.78, 5) is 22.4. The van der Waals surface area contributed by atoms with E-state index in [1.165, 1.54) is 0 Å². The molecule has 1 saturated carbocycles. The lowest BCUT2D eigenvalue weighted by molar-refractivity contribution is -0.140. The molecule has 5 nitrogen and oxygen atoms in total. The molecule has 2 unspecified atom stereocenters. The summed E-state index contributed by atoms with van der Waals surface area (Å²) in [6, 6.07) is 0. The molecule has 1 fully saturated rings. The van der Waals surface area contributed by atoms with Gasteiger partial charge in [-0.15, -0.1) is 0 Å². The molecule has 1 amide bonds. The molecular weight excluding hydrogens is 198 g/mol. The van der Waals surface area contributed by atoms with Crippen molar-refractivity contribution in [1.29, 1.82) is 0 Å².